The van der Waals surface area contributed by atoms with Crippen LogP contribution in [-0.4, -0.2) is 24.5 Å². The van der Waals surface area contributed by atoms with Crippen molar-refractivity contribution in [1.29, 1.82) is 0 Å². The summed E-state index contributed by atoms with van der Waals surface area (Å²) in [5.74, 6) is -1.85. The van der Waals surface area contributed by atoms with Crippen LogP contribution < -0.4 is 0 Å². The molecule has 0 aromatic heterocycles. The van der Waals surface area contributed by atoms with E-state index in [0.717, 1.165) is 19.3 Å². The van der Waals surface area contributed by atoms with E-state index in [2.05, 4.69) is 6.92 Å². The number of unbranched alkanes of at least 4 members (excludes halogenated alkanes) is 1. The highest BCUT2D eigenvalue weighted by atomic mass is 16.6. The van der Waals surface area contributed by atoms with Crippen LogP contribution in [-0.2, 0) is 22.3 Å². The zero-order valence-corrected chi connectivity index (χ0v) is 18.1. The quantitative estimate of drug-likeness (QED) is 0.335. The highest BCUT2D eigenvalue weighted by Gasteiger charge is 2.18. The van der Waals surface area contributed by atoms with Gasteiger partial charge in [0.05, 0.1) is 23.3 Å². The Balaban J connectivity index is 1.56. The fraction of sp³-hybridized carbons (Fsp3) is 0.222. The summed E-state index contributed by atoms with van der Waals surface area (Å²) in [7, 11) is 0. The highest BCUT2D eigenvalue weighted by molar-refractivity contribution is 6.03. The maximum Gasteiger partial charge on any atom is 0.346 e. The first-order valence-electron chi connectivity index (χ1n) is 10.7. The Kier molecular flexibility index (Phi) is 8.32. The molecule has 0 atom stereocenters. The van der Waals surface area contributed by atoms with Crippen molar-refractivity contribution in [3.05, 3.63) is 107 Å². The van der Waals surface area contributed by atoms with E-state index in [1.54, 1.807) is 66.7 Å². The van der Waals surface area contributed by atoms with Crippen molar-refractivity contribution in [1.82, 2.24) is 0 Å². The number of carbonyl (C=O) groups is 3. The molecule has 0 amide bonds. The fourth-order valence-electron chi connectivity index (χ4n) is 3.24. The van der Waals surface area contributed by atoms with Gasteiger partial charge in [0.1, 0.15) is 0 Å². The topological polar surface area (TPSA) is 69.7 Å². The van der Waals surface area contributed by atoms with Crippen LogP contribution in [0.3, 0.4) is 0 Å². The molecular formula is C27H26O5. The molecule has 0 aliphatic carbocycles. The number of benzene rings is 3. The maximum absolute atomic E-state index is 12.5. The lowest BCUT2D eigenvalue weighted by atomic mass is 10.0. The Morgan fingerprint density at radius 1 is 0.688 bits per heavy atom. The molecule has 0 bridgehead atoms. The number of hydrogen-bond acceptors (Lipinski definition) is 5. The average molecular weight is 431 g/mol. The minimum atomic E-state index is -0.733. The van der Waals surface area contributed by atoms with Gasteiger partial charge < -0.3 is 9.47 Å². The standard InChI is InChI=1S/C27H26O5/c1-2-3-9-20-14-16-23(17-15-20)25(28)31-19-18-21-10-7-8-13-24(21)27(30)32-26(29)22-11-5-4-6-12-22/h4-8,10-17H,2-3,9,18-19H2,1H3. The summed E-state index contributed by atoms with van der Waals surface area (Å²) in [5, 5.41) is 0. The van der Waals surface area contributed by atoms with Crippen molar-refractivity contribution >= 4 is 17.9 Å². The molecule has 0 saturated heterocycles. The zero-order valence-electron chi connectivity index (χ0n) is 18.1. The highest BCUT2D eigenvalue weighted by Crippen LogP contribution is 2.14. The van der Waals surface area contributed by atoms with E-state index in [9.17, 15) is 14.4 Å². The van der Waals surface area contributed by atoms with Crippen LogP contribution >= 0.6 is 0 Å². The van der Waals surface area contributed by atoms with Gasteiger partial charge in [-0.15, -0.1) is 0 Å². The fourth-order valence-corrected chi connectivity index (χ4v) is 3.24. The van der Waals surface area contributed by atoms with Crippen LogP contribution in [0, 0.1) is 0 Å². The lowest BCUT2D eigenvalue weighted by Gasteiger charge is -2.10. The van der Waals surface area contributed by atoms with E-state index < -0.39 is 17.9 Å². The minimum absolute atomic E-state index is 0.105. The molecule has 0 radical (unpaired) electrons. The molecule has 0 heterocycles. The molecular weight excluding hydrogens is 404 g/mol. The Morgan fingerprint density at radius 3 is 2.06 bits per heavy atom. The summed E-state index contributed by atoms with van der Waals surface area (Å²) in [6.07, 6.45) is 3.55. The molecule has 0 N–H and O–H groups in total. The molecule has 0 aliphatic rings. The molecule has 0 fully saturated rings. The number of hydrogen-bond donors (Lipinski definition) is 0. The van der Waals surface area contributed by atoms with Crippen LogP contribution in [0.15, 0.2) is 78.9 Å². The molecule has 32 heavy (non-hydrogen) atoms. The van der Waals surface area contributed by atoms with Crippen molar-refractivity contribution in [3.63, 3.8) is 0 Å². The molecule has 0 spiro atoms. The van der Waals surface area contributed by atoms with E-state index in [0.29, 0.717) is 23.1 Å². The molecule has 3 aromatic rings. The third-order valence-electron chi connectivity index (χ3n) is 5.05. The van der Waals surface area contributed by atoms with Crippen molar-refractivity contribution in [2.24, 2.45) is 0 Å². The molecule has 164 valence electrons. The second kappa shape index (κ2) is 11.6. The van der Waals surface area contributed by atoms with Crippen molar-refractivity contribution < 1.29 is 23.9 Å². The van der Waals surface area contributed by atoms with Gasteiger partial charge in [0.15, 0.2) is 0 Å². The van der Waals surface area contributed by atoms with Crippen LogP contribution in [0.4, 0.5) is 0 Å². The van der Waals surface area contributed by atoms with Gasteiger partial charge in [0, 0.05) is 6.42 Å². The average Bonchev–Trinajstić information content (AvgIpc) is 2.83. The third-order valence-corrected chi connectivity index (χ3v) is 5.05. The van der Waals surface area contributed by atoms with Gasteiger partial charge in [-0.2, -0.15) is 0 Å². The molecule has 5 heteroatoms. The molecule has 5 nitrogen and oxygen atoms in total. The summed E-state index contributed by atoms with van der Waals surface area (Å²) >= 11 is 0. The van der Waals surface area contributed by atoms with Gasteiger partial charge in [-0.05, 0) is 54.3 Å². The van der Waals surface area contributed by atoms with E-state index in [4.69, 9.17) is 9.47 Å². The number of aryl methyl sites for hydroxylation is 1. The second-order valence-corrected chi connectivity index (χ2v) is 7.39. The Bertz CT molecular complexity index is 1050. The summed E-state index contributed by atoms with van der Waals surface area (Å²) in [4.78, 5) is 37.0. The summed E-state index contributed by atoms with van der Waals surface area (Å²) < 4.78 is 10.4. The Hall–Kier alpha value is -3.73. The van der Waals surface area contributed by atoms with Gasteiger partial charge in [0.25, 0.3) is 0 Å². The maximum atomic E-state index is 12.5. The molecule has 3 aromatic carbocycles. The van der Waals surface area contributed by atoms with Crippen molar-refractivity contribution in [3.8, 4) is 0 Å². The lowest BCUT2D eigenvalue weighted by Crippen LogP contribution is -2.15. The number of carbonyl (C=O) groups excluding carboxylic acids is 3. The summed E-state index contributed by atoms with van der Waals surface area (Å²) in [6, 6.07) is 22.6. The van der Waals surface area contributed by atoms with E-state index >= 15 is 0 Å². The molecule has 0 aliphatic heterocycles. The van der Waals surface area contributed by atoms with E-state index in [1.165, 1.54) is 5.56 Å². The molecule has 3 rings (SSSR count). The minimum Gasteiger partial charge on any atom is -0.462 e. The van der Waals surface area contributed by atoms with Crippen LogP contribution in [0.5, 0.6) is 0 Å². The third kappa shape index (κ3) is 6.38. The summed E-state index contributed by atoms with van der Waals surface area (Å²) in [6.45, 7) is 2.25. The first-order chi connectivity index (χ1) is 15.6. The zero-order chi connectivity index (χ0) is 22.8. The van der Waals surface area contributed by atoms with Crippen molar-refractivity contribution in [2.45, 2.75) is 32.6 Å². The van der Waals surface area contributed by atoms with Gasteiger partial charge in [-0.25, -0.2) is 14.4 Å². The SMILES string of the molecule is CCCCc1ccc(C(=O)OCCc2ccccc2C(=O)OC(=O)c2ccccc2)cc1. The predicted molar refractivity (Wildman–Crippen MR) is 122 cm³/mol. The second-order valence-electron chi connectivity index (χ2n) is 7.39. The van der Waals surface area contributed by atoms with Crippen LogP contribution in [0.25, 0.3) is 0 Å². The lowest BCUT2D eigenvalue weighted by molar-refractivity contribution is 0.0397. The number of rotatable bonds is 9. The van der Waals surface area contributed by atoms with E-state index in [-0.39, 0.29) is 12.2 Å². The molecule has 0 unspecified atom stereocenters. The van der Waals surface area contributed by atoms with Crippen molar-refractivity contribution in [2.75, 3.05) is 6.61 Å². The largest absolute Gasteiger partial charge is 0.462 e. The predicted octanol–water partition coefficient (Wildman–Crippen LogP) is 5.43. The number of esters is 3. The normalized spacial score (nSPS) is 10.4. The van der Waals surface area contributed by atoms with Gasteiger partial charge in [0.2, 0.25) is 0 Å². The first kappa shape index (κ1) is 22.9. The Morgan fingerprint density at radius 2 is 1.34 bits per heavy atom. The first-order valence-corrected chi connectivity index (χ1v) is 10.7. The van der Waals surface area contributed by atoms with Gasteiger partial charge >= 0.3 is 17.9 Å². The summed E-state index contributed by atoms with van der Waals surface area (Å²) in [5.41, 5.74) is 2.90. The monoisotopic (exact) mass is 430 g/mol. The van der Waals surface area contributed by atoms with Gasteiger partial charge in [-0.3, -0.25) is 0 Å². The van der Waals surface area contributed by atoms with Crippen LogP contribution in [0.2, 0.25) is 0 Å². The van der Waals surface area contributed by atoms with E-state index in [1.807, 2.05) is 12.1 Å². The molecule has 0 saturated carbocycles. The Labute approximate surface area is 188 Å². The smallest absolute Gasteiger partial charge is 0.346 e. The van der Waals surface area contributed by atoms with Crippen LogP contribution in [0.1, 0.15) is 62.0 Å². The van der Waals surface area contributed by atoms with Gasteiger partial charge in [-0.1, -0.05) is 61.9 Å². The number of ether oxygens (including phenoxy) is 2.